The number of Topliss-reactive ketones (excluding diaryl/α,β-unsaturated/α-hetero) is 1. The average molecular weight is 483 g/mol. The standard InChI is InChI=1S/C26H26O7S/c1-3-31-24(27)11-10-22(20-7-5-4-6-17(20)2)33-23-14-19(32-15-18-12-13-34-16-18)8-9-21(23)25(28)26(29)30/h4-9,12-14,16,22H,3,10-11,15H2,1-2H3,(H,29,30). The number of carboxylic acid groups (broad SMARTS) is 1. The Hall–Kier alpha value is -3.65. The molecule has 0 amide bonds. The van der Waals surface area contributed by atoms with Gasteiger partial charge in [-0.1, -0.05) is 24.3 Å². The van der Waals surface area contributed by atoms with Gasteiger partial charge in [0, 0.05) is 12.5 Å². The zero-order valence-electron chi connectivity index (χ0n) is 19.0. The molecule has 0 fully saturated rings. The van der Waals surface area contributed by atoms with Crippen LogP contribution in [-0.2, 0) is 20.9 Å². The normalized spacial score (nSPS) is 11.5. The van der Waals surface area contributed by atoms with E-state index in [1.165, 1.54) is 18.2 Å². The van der Waals surface area contributed by atoms with Crippen LogP contribution in [0.15, 0.2) is 59.3 Å². The summed E-state index contributed by atoms with van der Waals surface area (Å²) in [5.41, 5.74) is 2.66. The van der Waals surface area contributed by atoms with E-state index in [0.717, 1.165) is 16.7 Å². The van der Waals surface area contributed by atoms with Gasteiger partial charge in [-0.2, -0.15) is 11.3 Å². The minimum Gasteiger partial charge on any atom is -0.489 e. The predicted molar refractivity (Wildman–Crippen MR) is 127 cm³/mol. The quantitative estimate of drug-likeness (QED) is 0.211. The molecule has 0 saturated heterocycles. The largest absolute Gasteiger partial charge is 0.489 e. The van der Waals surface area contributed by atoms with Crippen LogP contribution >= 0.6 is 11.3 Å². The lowest BCUT2D eigenvalue weighted by Gasteiger charge is -2.23. The first-order chi connectivity index (χ1) is 16.4. The Balaban J connectivity index is 1.93. The van der Waals surface area contributed by atoms with E-state index >= 15 is 0 Å². The van der Waals surface area contributed by atoms with Gasteiger partial charge in [-0.3, -0.25) is 9.59 Å². The summed E-state index contributed by atoms with van der Waals surface area (Å²) in [6, 6.07) is 13.9. The molecular formula is C26H26O7S. The summed E-state index contributed by atoms with van der Waals surface area (Å²) in [5, 5.41) is 13.2. The molecule has 1 heterocycles. The molecule has 0 bridgehead atoms. The fraction of sp³-hybridized carbons (Fsp3) is 0.269. The van der Waals surface area contributed by atoms with Gasteiger partial charge in [0.15, 0.2) is 0 Å². The molecule has 178 valence electrons. The van der Waals surface area contributed by atoms with Crippen LogP contribution in [0, 0.1) is 6.92 Å². The number of aryl methyl sites for hydroxylation is 1. The second kappa shape index (κ2) is 12.0. The minimum atomic E-state index is -1.59. The zero-order valence-corrected chi connectivity index (χ0v) is 19.8. The highest BCUT2D eigenvalue weighted by atomic mass is 32.1. The molecule has 7 nitrogen and oxygen atoms in total. The third-order valence-corrected chi connectivity index (χ3v) is 5.83. The van der Waals surface area contributed by atoms with Crippen molar-refractivity contribution in [2.24, 2.45) is 0 Å². The number of benzene rings is 2. The predicted octanol–water partition coefficient (Wildman–Crippen LogP) is 5.37. The van der Waals surface area contributed by atoms with Crippen LogP contribution in [0.25, 0.3) is 0 Å². The molecule has 0 saturated carbocycles. The number of hydrogen-bond acceptors (Lipinski definition) is 7. The van der Waals surface area contributed by atoms with Crippen molar-refractivity contribution >= 4 is 29.1 Å². The van der Waals surface area contributed by atoms with Crippen LogP contribution in [-0.4, -0.2) is 29.4 Å². The van der Waals surface area contributed by atoms with Gasteiger partial charge in [-0.25, -0.2) is 4.79 Å². The fourth-order valence-corrected chi connectivity index (χ4v) is 4.05. The number of ether oxygens (including phenoxy) is 3. The van der Waals surface area contributed by atoms with Gasteiger partial charge in [0.1, 0.15) is 24.2 Å². The monoisotopic (exact) mass is 482 g/mol. The number of aliphatic carboxylic acids is 1. The maximum absolute atomic E-state index is 12.4. The third-order valence-electron chi connectivity index (χ3n) is 5.10. The molecule has 0 aliphatic rings. The summed E-state index contributed by atoms with van der Waals surface area (Å²) in [5.74, 6) is -2.53. The lowest BCUT2D eigenvalue weighted by molar-refractivity contribution is -0.143. The molecule has 1 N–H and O–H groups in total. The number of carbonyl (C=O) groups is 3. The average Bonchev–Trinajstić information content (AvgIpc) is 3.34. The minimum absolute atomic E-state index is 0.0762. The topological polar surface area (TPSA) is 99.1 Å². The van der Waals surface area contributed by atoms with Crippen LogP contribution in [0.2, 0.25) is 0 Å². The maximum atomic E-state index is 12.4. The summed E-state index contributed by atoms with van der Waals surface area (Å²) in [6.45, 7) is 4.24. The first-order valence-corrected chi connectivity index (χ1v) is 11.8. The molecule has 3 aromatic rings. The van der Waals surface area contributed by atoms with E-state index in [2.05, 4.69) is 0 Å². The summed E-state index contributed by atoms with van der Waals surface area (Å²) in [7, 11) is 0. The fourth-order valence-electron chi connectivity index (χ4n) is 3.40. The molecule has 0 aliphatic carbocycles. The van der Waals surface area contributed by atoms with Crippen molar-refractivity contribution < 1.29 is 33.7 Å². The molecule has 8 heteroatoms. The number of hydrogen-bond donors (Lipinski definition) is 1. The van der Waals surface area contributed by atoms with E-state index in [-0.39, 0.29) is 36.7 Å². The molecule has 1 aromatic heterocycles. The molecule has 0 radical (unpaired) electrons. The second-order valence-corrected chi connectivity index (χ2v) is 8.30. The van der Waals surface area contributed by atoms with Crippen LogP contribution in [0.5, 0.6) is 11.5 Å². The van der Waals surface area contributed by atoms with Crippen molar-refractivity contribution in [1.29, 1.82) is 0 Å². The van der Waals surface area contributed by atoms with Crippen LogP contribution in [0.3, 0.4) is 0 Å². The Morgan fingerprint density at radius 3 is 2.56 bits per heavy atom. The van der Waals surface area contributed by atoms with Crippen LogP contribution < -0.4 is 9.47 Å². The highest BCUT2D eigenvalue weighted by molar-refractivity contribution is 7.07. The Kier molecular flexibility index (Phi) is 8.81. The number of rotatable bonds is 12. The van der Waals surface area contributed by atoms with Gasteiger partial charge in [-0.15, -0.1) is 0 Å². The molecular weight excluding hydrogens is 456 g/mol. The van der Waals surface area contributed by atoms with E-state index < -0.39 is 17.9 Å². The number of esters is 1. The molecule has 0 aliphatic heterocycles. The number of thiophene rings is 1. The smallest absolute Gasteiger partial charge is 0.377 e. The van der Waals surface area contributed by atoms with Crippen LogP contribution in [0.4, 0.5) is 0 Å². The van der Waals surface area contributed by atoms with Crippen molar-refractivity contribution in [2.75, 3.05) is 6.61 Å². The first kappa shape index (κ1) is 25.0. The van der Waals surface area contributed by atoms with Gasteiger partial charge in [-0.05, 0) is 65.9 Å². The van der Waals surface area contributed by atoms with Gasteiger partial charge in [0.2, 0.25) is 0 Å². The van der Waals surface area contributed by atoms with Gasteiger partial charge < -0.3 is 19.3 Å². The molecule has 3 rings (SSSR count). The Morgan fingerprint density at radius 2 is 1.88 bits per heavy atom. The van der Waals surface area contributed by atoms with Crippen molar-refractivity contribution in [1.82, 2.24) is 0 Å². The second-order valence-electron chi connectivity index (χ2n) is 7.52. The van der Waals surface area contributed by atoms with Gasteiger partial charge in [0.25, 0.3) is 5.78 Å². The highest BCUT2D eigenvalue weighted by Gasteiger charge is 2.24. The van der Waals surface area contributed by atoms with E-state index in [1.54, 1.807) is 18.3 Å². The Bertz CT molecular complexity index is 1140. The molecule has 34 heavy (non-hydrogen) atoms. The van der Waals surface area contributed by atoms with E-state index in [4.69, 9.17) is 14.2 Å². The van der Waals surface area contributed by atoms with Crippen molar-refractivity contribution in [2.45, 2.75) is 39.4 Å². The van der Waals surface area contributed by atoms with E-state index in [0.29, 0.717) is 12.4 Å². The summed E-state index contributed by atoms with van der Waals surface area (Å²) in [4.78, 5) is 35.8. The summed E-state index contributed by atoms with van der Waals surface area (Å²) < 4.78 is 17.1. The lowest BCUT2D eigenvalue weighted by atomic mass is 9.99. The number of carboxylic acids is 1. The van der Waals surface area contributed by atoms with Gasteiger partial charge in [0.05, 0.1) is 12.2 Å². The molecule has 1 unspecified atom stereocenters. The van der Waals surface area contributed by atoms with Crippen molar-refractivity contribution in [3.05, 3.63) is 81.5 Å². The third kappa shape index (κ3) is 6.68. The Labute approximate surface area is 201 Å². The summed E-state index contributed by atoms with van der Waals surface area (Å²) >= 11 is 1.55. The molecule has 1 atom stereocenters. The molecule has 0 spiro atoms. The zero-order chi connectivity index (χ0) is 24.5. The van der Waals surface area contributed by atoms with Gasteiger partial charge >= 0.3 is 11.9 Å². The van der Waals surface area contributed by atoms with E-state index in [1.807, 2.05) is 48.0 Å². The lowest BCUT2D eigenvalue weighted by Crippen LogP contribution is -2.17. The Morgan fingerprint density at radius 1 is 1.09 bits per heavy atom. The van der Waals surface area contributed by atoms with Crippen LogP contribution in [0.1, 0.15) is 52.9 Å². The number of ketones is 1. The summed E-state index contributed by atoms with van der Waals surface area (Å²) in [6.07, 6.45) is -0.230. The highest BCUT2D eigenvalue weighted by Crippen LogP contribution is 2.33. The van der Waals surface area contributed by atoms with Crippen molar-refractivity contribution in [3.63, 3.8) is 0 Å². The number of carbonyl (C=O) groups excluding carboxylic acids is 2. The molecule has 2 aromatic carbocycles. The SMILES string of the molecule is CCOC(=O)CCC(Oc1cc(OCc2ccsc2)ccc1C(=O)C(=O)O)c1ccccc1C. The van der Waals surface area contributed by atoms with Crippen molar-refractivity contribution in [3.8, 4) is 11.5 Å². The van der Waals surface area contributed by atoms with E-state index in [9.17, 15) is 19.5 Å². The maximum Gasteiger partial charge on any atom is 0.377 e. The first-order valence-electron chi connectivity index (χ1n) is 10.8.